The fraction of sp³-hybridized carbons (Fsp3) is 0.875. The number of ether oxygens (including phenoxy) is 1. The molecule has 3 rings (SSSR count). The van der Waals surface area contributed by atoms with Crippen LogP contribution in [0.25, 0.3) is 0 Å². The van der Waals surface area contributed by atoms with Gasteiger partial charge in [0.15, 0.2) is 0 Å². The molecule has 0 aromatic carbocycles. The summed E-state index contributed by atoms with van der Waals surface area (Å²) in [6.07, 6.45) is 3.86. The zero-order valence-electron chi connectivity index (χ0n) is 7.11. The van der Waals surface area contributed by atoms with E-state index in [0.717, 1.165) is 12.5 Å². The Morgan fingerprint density at radius 1 is 1.40 bits per heavy atom. The molecule has 0 unspecified atom stereocenters. The van der Waals surface area contributed by atoms with E-state index in [1.807, 2.05) is 0 Å². The molecule has 0 amide bonds. The van der Waals surface area contributed by atoms with Gasteiger partial charge in [-0.1, -0.05) is 19.3 Å². The molecule has 0 radical (unpaired) electrons. The molecule has 2 aliphatic heterocycles. The van der Waals surface area contributed by atoms with Crippen molar-refractivity contribution in [3.05, 3.63) is 6.10 Å². The molecule has 1 nitrogen and oxygen atoms in total. The molecule has 2 saturated heterocycles. The average molecular weight is 164 g/mol. The Morgan fingerprint density at radius 3 is 2.20 bits per heavy atom. The summed E-state index contributed by atoms with van der Waals surface area (Å²) >= 11 is 0. The van der Waals surface area contributed by atoms with Gasteiger partial charge in [0.25, 0.3) is 0 Å². The molecule has 1 aliphatic carbocycles. The van der Waals surface area contributed by atoms with Crippen molar-refractivity contribution in [1.82, 2.24) is 0 Å². The first-order valence-electron chi connectivity index (χ1n) is 3.70. The molecule has 3 aliphatic rings. The van der Waals surface area contributed by atoms with Gasteiger partial charge in [0.1, 0.15) is 0 Å². The number of rotatable bonds is 1. The second-order valence-electron chi connectivity index (χ2n) is 3.70. The summed E-state index contributed by atoms with van der Waals surface area (Å²) in [6.45, 7) is 5.59. The summed E-state index contributed by atoms with van der Waals surface area (Å²) in [5.41, 5.74) is 0.579. The molecule has 10 heavy (non-hydrogen) atoms. The minimum atomic E-state index is 0. The Bertz CT molecular complexity index is 122. The van der Waals surface area contributed by atoms with Crippen LogP contribution in [0.2, 0.25) is 0 Å². The molecule has 2 heterocycles. The summed E-state index contributed by atoms with van der Waals surface area (Å²) in [6, 6.07) is 0. The van der Waals surface area contributed by atoms with Crippen molar-refractivity contribution in [3.63, 3.8) is 0 Å². The van der Waals surface area contributed by atoms with Gasteiger partial charge >= 0.3 is 51.4 Å². The van der Waals surface area contributed by atoms with Crippen LogP contribution in [0.3, 0.4) is 0 Å². The zero-order valence-corrected chi connectivity index (χ0v) is 10.2. The third-order valence-corrected chi connectivity index (χ3v) is 2.89. The molecule has 0 atom stereocenters. The van der Waals surface area contributed by atoms with Crippen molar-refractivity contribution < 1.29 is 56.1 Å². The topological polar surface area (TPSA) is 9.23 Å². The van der Waals surface area contributed by atoms with E-state index in [-0.39, 0.29) is 51.4 Å². The fourth-order valence-electron chi connectivity index (χ4n) is 1.76. The second kappa shape index (κ2) is 3.15. The van der Waals surface area contributed by atoms with Crippen LogP contribution in [-0.4, -0.2) is 6.61 Å². The standard InChI is InChI=1S/C8H13O.K/c1-6(2)8-3-7(4-8)9-5-8;/h6H,3-5H2,1-2H3;/q-1;+1. The molecule has 3 fully saturated rings. The van der Waals surface area contributed by atoms with Crippen LogP contribution in [-0.2, 0) is 4.74 Å². The Kier molecular flexibility index (Phi) is 3.05. The molecule has 52 valence electrons. The van der Waals surface area contributed by atoms with Gasteiger partial charge < -0.3 is 4.74 Å². The Balaban J connectivity index is 0.000000500. The van der Waals surface area contributed by atoms with E-state index in [0.29, 0.717) is 5.41 Å². The Morgan fingerprint density at radius 2 is 2.00 bits per heavy atom. The van der Waals surface area contributed by atoms with Gasteiger partial charge in [-0.15, -0.1) is 12.8 Å². The van der Waals surface area contributed by atoms with Crippen molar-refractivity contribution in [1.29, 1.82) is 0 Å². The average Bonchev–Trinajstić information content (AvgIpc) is 2.13. The largest absolute Gasteiger partial charge is 1.00 e. The van der Waals surface area contributed by atoms with Crippen molar-refractivity contribution in [3.8, 4) is 0 Å². The quantitative estimate of drug-likeness (QED) is 0.356. The second-order valence-corrected chi connectivity index (χ2v) is 3.70. The maximum absolute atomic E-state index is 5.41. The van der Waals surface area contributed by atoms with Crippen LogP contribution in [0.4, 0.5) is 0 Å². The van der Waals surface area contributed by atoms with E-state index in [9.17, 15) is 0 Å². The van der Waals surface area contributed by atoms with Crippen LogP contribution in [0.5, 0.6) is 0 Å². The third kappa shape index (κ3) is 1.27. The first kappa shape index (κ1) is 9.68. The van der Waals surface area contributed by atoms with Gasteiger partial charge in [-0.2, -0.15) is 6.10 Å². The van der Waals surface area contributed by atoms with E-state index in [2.05, 4.69) is 13.8 Å². The molecule has 2 heteroatoms. The van der Waals surface area contributed by atoms with Crippen molar-refractivity contribution in [2.24, 2.45) is 11.3 Å². The summed E-state index contributed by atoms with van der Waals surface area (Å²) < 4.78 is 5.41. The van der Waals surface area contributed by atoms with Crippen LogP contribution in [0.15, 0.2) is 0 Å². The van der Waals surface area contributed by atoms with E-state index in [1.165, 1.54) is 18.9 Å². The summed E-state index contributed by atoms with van der Waals surface area (Å²) in [5, 5.41) is 0. The van der Waals surface area contributed by atoms with Gasteiger partial charge in [-0.25, -0.2) is 0 Å². The molecular formula is C8H13KO. The van der Waals surface area contributed by atoms with Gasteiger partial charge in [0.2, 0.25) is 0 Å². The van der Waals surface area contributed by atoms with Gasteiger partial charge in [0.05, 0.1) is 0 Å². The van der Waals surface area contributed by atoms with Crippen LogP contribution in [0.1, 0.15) is 26.7 Å². The molecule has 2 bridgehead atoms. The zero-order chi connectivity index (χ0) is 6.48. The molecular weight excluding hydrogens is 151 g/mol. The maximum atomic E-state index is 5.41. The van der Waals surface area contributed by atoms with Gasteiger partial charge in [-0.3, -0.25) is 0 Å². The Hall–Kier alpha value is 1.60. The predicted octanol–water partition coefficient (Wildman–Crippen LogP) is -1.01. The SMILES string of the molecule is CC(C)C12CO[C-](C1)C2.[K+]. The smallest absolute Gasteiger partial charge is 0.549 e. The van der Waals surface area contributed by atoms with Crippen LogP contribution < -0.4 is 51.4 Å². The van der Waals surface area contributed by atoms with Crippen molar-refractivity contribution in [2.75, 3.05) is 6.61 Å². The molecule has 0 N–H and O–H groups in total. The normalized spacial score (nSPS) is 27.9. The van der Waals surface area contributed by atoms with E-state index in [4.69, 9.17) is 4.74 Å². The maximum Gasteiger partial charge on any atom is 1.00 e. The van der Waals surface area contributed by atoms with Crippen molar-refractivity contribution >= 4 is 0 Å². The Labute approximate surface area is 105 Å². The molecule has 1 saturated carbocycles. The monoisotopic (exact) mass is 164 g/mol. The summed E-state index contributed by atoms with van der Waals surface area (Å²) in [7, 11) is 0. The van der Waals surface area contributed by atoms with Gasteiger partial charge in [-0.05, 0) is 5.92 Å². The van der Waals surface area contributed by atoms with E-state index in [1.54, 1.807) is 0 Å². The van der Waals surface area contributed by atoms with Crippen LogP contribution >= 0.6 is 0 Å². The third-order valence-electron chi connectivity index (χ3n) is 2.89. The number of fused-ring (bicyclic) bond motifs is 1. The molecule has 0 aromatic heterocycles. The number of hydrogen-bond donors (Lipinski definition) is 0. The van der Waals surface area contributed by atoms with Crippen LogP contribution in [0, 0.1) is 17.4 Å². The van der Waals surface area contributed by atoms with Crippen molar-refractivity contribution in [2.45, 2.75) is 26.7 Å². The minimum absolute atomic E-state index is 0. The molecule has 0 aromatic rings. The van der Waals surface area contributed by atoms with Gasteiger partial charge in [0, 0.05) is 6.61 Å². The minimum Gasteiger partial charge on any atom is -0.549 e. The summed E-state index contributed by atoms with van der Waals surface area (Å²) in [4.78, 5) is 0. The predicted molar refractivity (Wildman–Crippen MR) is 35.7 cm³/mol. The first-order valence-corrected chi connectivity index (χ1v) is 3.70. The van der Waals surface area contributed by atoms with E-state index < -0.39 is 0 Å². The fourth-order valence-corrected chi connectivity index (χ4v) is 1.76. The number of hydrogen-bond acceptors (Lipinski definition) is 1. The summed E-state index contributed by atoms with van der Waals surface area (Å²) in [5.74, 6) is 0.809. The first-order chi connectivity index (χ1) is 4.23. The molecule has 0 spiro atoms. The van der Waals surface area contributed by atoms with E-state index >= 15 is 0 Å².